The number of hydrogen-bond donors (Lipinski definition) is 2. The van der Waals surface area contributed by atoms with Crippen molar-refractivity contribution in [2.45, 2.75) is 45.6 Å². The highest BCUT2D eigenvalue weighted by molar-refractivity contribution is 5.87. The van der Waals surface area contributed by atoms with Gasteiger partial charge in [-0.15, -0.1) is 0 Å². The number of esters is 1. The number of aliphatic hydroxyl groups excluding tert-OH is 1. The molecule has 0 aromatic rings. The van der Waals surface area contributed by atoms with Gasteiger partial charge >= 0.3 is 11.9 Å². The quantitative estimate of drug-likeness (QED) is 0.380. The Hall–Kier alpha value is -1.62. The van der Waals surface area contributed by atoms with Gasteiger partial charge in [-0.3, -0.25) is 0 Å². The summed E-state index contributed by atoms with van der Waals surface area (Å²) in [5, 5.41) is 17.7. The molecule has 0 radical (unpaired) electrons. The molecule has 0 saturated carbocycles. The molecule has 0 bridgehead atoms. The minimum absolute atomic E-state index is 0.166. The molecule has 5 nitrogen and oxygen atoms in total. The summed E-state index contributed by atoms with van der Waals surface area (Å²) in [6.07, 6.45) is 3.18. The van der Waals surface area contributed by atoms with Gasteiger partial charge in [-0.1, -0.05) is 12.7 Å². The van der Waals surface area contributed by atoms with Crippen LogP contribution in [-0.2, 0) is 14.3 Å². The van der Waals surface area contributed by atoms with E-state index in [0.29, 0.717) is 31.3 Å². The molecular formula is C14H22O5. The standard InChI is InChI=1S/C14H22O5/c1-10(13(16)17)6-4-5-9-19-14(18)11(2)7-8-12(3)15/h7,12,15H,1,4-6,8-9H2,2-3H3,(H,16,17). The fraction of sp³-hybridized carbons (Fsp3) is 0.571. The highest BCUT2D eigenvalue weighted by Crippen LogP contribution is 2.07. The second-order valence-corrected chi connectivity index (χ2v) is 4.47. The Bertz CT molecular complexity index is 355. The molecule has 0 aliphatic carbocycles. The molecule has 0 rings (SSSR count). The first-order valence-electron chi connectivity index (χ1n) is 6.27. The maximum atomic E-state index is 11.5. The number of ether oxygens (including phenoxy) is 1. The van der Waals surface area contributed by atoms with Crippen LogP contribution in [-0.4, -0.2) is 34.9 Å². The normalized spacial score (nSPS) is 12.9. The van der Waals surface area contributed by atoms with E-state index < -0.39 is 18.0 Å². The van der Waals surface area contributed by atoms with E-state index in [4.69, 9.17) is 14.9 Å². The van der Waals surface area contributed by atoms with Crippen molar-refractivity contribution in [3.05, 3.63) is 23.8 Å². The number of carboxylic acid groups (broad SMARTS) is 1. The minimum Gasteiger partial charge on any atom is -0.478 e. The van der Waals surface area contributed by atoms with Gasteiger partial charge in [0, 0.05) is 11.1 Å². The summed E-state index contributed by atoms with van der Waals surface area (Å²) in [7, 11) is 0. The minimum atomic E-state index is -0.992. The average molecular weight is 270 g/mol. The molecule has 0 aliphatic heterocycles. The zero-order chi connectivity index (χ0) is 14.8. The maximum Gasteiger partial charge on any atom is 0.333 e. The van der Waals surface area contributed by atoms with Crippen LogP contribution < -0.4 is 0 Å². The first kappa shape index (κ1) is 17.4. The first-order chi connectivity index (χ1) is 8.84. The number of carbonyl (C=O) groups excluding carboxylic acids is 1. The van der Waals surface area contributed by atoms with Gasteiger partial charge in [-0.05, 0) is 39.5 Å². The summed E-state index contributed by atoms with van der Waals surface area (Å²) >= 11 is 0. The predicted octanol–water partition coefficient (Wildman–Crippen LogP) is 2.06. The molecule has 0 saturated heterocycles. The molecule has 0 amide bonds. The van der Waals surface area contributed by atoms with Gasteiger partial charge in [0.2, 0.25) is 0 Å². The van der Waals surface area contributed by atoms with Crippen molar-refractivity contribution in [2.24, 2.45) is 0 Å². The Kier molecular flexibility index (Phi) is 8.53. The van der Waals surface area contributed by atoms with Crippen LogP contribution in [0.25, 0.3) is 0 Å². The van der Waals surface area contributed by atoms with Gasteiger partial charge < -0.3 is 14.9 Å². The summed E-state index contributed by atoms with van der Waals surface area (Å²) in [5.41, 5.74) is 0.634. The number of carbonyl (C=O) groups is 2. The summed E-state index contributed by atoms with van der Waals surface area (Å²) in [6, 6.07) is 0. The lowest BCUT2D eigenvalue weighted by Gasteiger charge is -2.06. The molecule has 5 heteroatoms. The average Bonchev–Trinajstić information content (AvgIpc) is 2.34. The van der Waals surface area contributed by atoms with Crippen molar-refractivity contribution >= 4 is 11.9 Å². The van der Waals surface area contributed by atoms with Gasteiger partial charge in [-0.25, -0.2) is 9.59 Å². The molecule has 2 N–H and O–H groups in total. The van der Waals surface area contributed by atoms with Crippen LogP contribution in [0.3, 0.4) is 0 Å². The van der Waals surface area contributed by atoms with E-state index in [1.165, 1.54) is 0 Å². The molecule has 0 heterocycles. The highest BCUT2D eigenvalue weighted by Gasteiger charge is 2.07. The molecule has 0 aromatic heterocycles. The van der Waals surface area contributed by atoms with Crippen LogP contribution in [0.2, 0.25) is 0 Å². The van der Waals surface area contributed by atoms with Gasteiger partial charge in [0.05, 0.1) is 12.7 Å². The van der Waals surface area contributed by atoms with Crippen LogP contribution in [0.5, 0.6) is 0 Å². The van der Waals surface area contributed by atoms with E-state index in [-0.39, 0.29) is 12.2 Å². The fourth-order valence-electron chi connectivity index (χ4n) is 1.26. The SMILES string of the molecule is C=C(CCCCOC(=O)C(C)=CCC(C)O)C(=O)O. The Morgan fingerprint density at radius 3 is 2.53 bits per heavy atom. The van der Waals surface area contributed by atoms with Crippen molar-refractivity contribution in [1.29, 1.82) is 0 Å². The first-order valence-corrected chi connectivity index (χ1v) is 6.27. The van der Waals surface area contributed by atoms with E-state index in [9.17, 15) is 9.59 Å². The van der Waals surface area contributed by atoms with Crippen LogP contribution in [0.1, 0.15) is 39.5 Å². The largest absolute Gasteiger partial charge is 0.478 e. The third-order valence-electron chi connectivity index (χ3n) is 2.50. The molecule has 0 spiro atoms. The van der Waals surface area contributed by atoms with Gasteiger partial charge in [-0.2, -0.15) is 0 Å². The van der Waals surface area contributed by atoms with E-state index in [2.05, 4.69) is 6.58 Å². The van der Waals surface area contributed by atoms with E-state index in [1.54, 1.807) is 19.9 Å². The second kappa shape index (κ2) is 9.33. The Morgan fingerprint density at radius 2 is 2.00 bits per heavy atom. The number of aliphatic hydroxyl groups is 1. The topological polar surface area (TPSA) is 83.8 Å². The molecule has 0 fully saturated rings. The molecule has 1 unspecified atom stereocenters. The van der Waals surface area contributed by atoms with E-state index >= 15 is 0 Å². The third-order valence-corrected chi connectivity index (χ3v) is 2.50. The Morgan fingerprint density at radius 1 is 1.37 bits per heavy atom. The molecule has 108 valence electrons. The lowest BCUT2D eigenvalue weighted by atomic mass is 10.1. The van der Waals surface area contributed by atoms with Crippen LogP contribution in [0.15, 0.2) is 23.8 Å². The molecule has 0 aromatic carbocycles. The zero-order valence-corrected chi connectivity index (χ0v) is 11.5. The van der Waals surface area contributed by atoms with E-state index in [1.807, 2.05) is 0 Å². The smallest absolute Gasteiger partial charge is 0.333 e. The lowest BCUT2D eigenvalue weighted by molar-refractivity contribution is -0.139. The lowest BCUT2D eigenvalue weighted by Crippen LogP contribution is -2.08. The Labute approximate surface area is 113 Å². The number of aliphatic carboxylic acids is 1. The number of unbranched alkanes of at least 4 members (excludes halogenated alkanes) is 1. The van der Waals surface area contributed by atoms with Crippen molar-refractivity contribution in [2.75, 3.05) is 6.61 Å². The summed E-state index contributed by atoms with van der Waals surface area (Å²) in [5.74, 6) is -1.40. The summed E-state index contributed by atoms with van der Waals surface area (Å²) < 4.78 is 5.01. The number of carboxylic acids is 1. The molecule has 1 atom stereocenters. The van der Waals surface area contributed by atoms with Gasteiger partial charge in [0.1, 0.15) is 0 Å². The monoisotopic (exact) mass is 270 g/mol. The number of hydrogen-bond acceptors (Lipinski definition) is 4. The van der Waals surface area contributed by atoms with Crippen LogP contribution >= 0.6 is 0 Å². The second-order valence-electron chi connectivity index (χ2n) is 4.47. The molecule has 0 aliphatic rings. The zero-order valence-electron chi connectivity index (χ0n) is 11.5. The third kappa shape index (κ3) is 9.02. The van der Waals surface area contributed by atoms with Crippen molar-refractivity contribution in [3.8, 4) is 0 Å². The molecular weight excluding hydrogens is 248 g/mol. The molecule has 19 heavy (non-hydrogen) atoms. The van der Waals surface area contributed by atoms with Gasteiger partial charge in [0.15, 0.2) is 0 Å². The van der Waals surface area contributed by atoms with Crippen LogP contribution in [0, 0.1) is 0 Å². The van der Waals surface area contributed by atoms with Crippen molar-refractivity contribution < 1.29 is 24.5 Å². The maximum absolute atomic E-state index is 11.5. The van der Waals surface area contributed by atoms with Crippen molar-refractivity contribution in [1.82, 2.24) is 0 Å². The van der Waals surface area contributed by atoms with Crippen molar-refractivity contribution in [3.63, 3.8) is 0 Å². The summed E-state index contributed by atoms with van der Waals surface area (Å²) in [6.45, 7) is 6.95. The van der Waals surface area contributed by atoms with E-state index in [0.717, 1.165) is 0 Å². The fourth-order valence-corrected chi connectivity index (χ4v) is 1.26. The predicted molar refractivity (Wildman–Crippen MR) is 71.6 cm³/mol. The van der Waals surface area contributed by atoms with Crippen LogP contribution in [0.4, 0.5) is 0 Å². The number of rotatable bonds is 9. The highest BCUT2D eigenvalue weighted by atomic mass is 16.5. The Balaban J connectivity index is 3.77. The van der Waals surface area contributed by atoms with Gasteiger partial charge in [0.25, 0.3) is 0 Å². The summed E-state index contributed by atoms with van der Waals surface area (Å²) in [4.78, 5) is 22.0.